The smallest absolute Gasteiger partial charge is 0.0878 e. The van der Waals surface area contributed by atoms with Crippen LogP contribution in [-0.2, 0) is 6.54 Å². The first-order valence-electron chi connectivity index (χ1n) is 3.97. The Morgan fingerprint density at radius 2 is 2.50 bits per heavy atom. The third kappa shape index (κ3) is 1.19. The zero-order valence-electron chi connectivity index (χ0n) is 6.96. The van der Waals surface area contributed by atoms with E-state index in [1.54, 1.807) is 0 Å². The van der Waals surface area contributed by atoms with E-state index in [4.69, 9.17) is 0 Å². The summed E-state index contributed by atoms with van der Waals surface area (Å²) in [5, 5.41) is 3.09. The fraction of sp³-hybridized carbons (Fsp3) is 0.222. The molecule has 0 atom stereocenters. The molecule has 0 radical (unpaired) electrons. The van der Waals surface area contributed by atoms with Crippen molar-refractivity contribution in [2.45, 2.75) is 6.54 Å². The van der Waals surface area contributed by atoms with Gasteiger partial charge in [0.1, 0.15) is 0 Å². The molecule has 0 spiro atoms. The number of nitrogens with zero attached hydrogens (tertiary/aromatic N) is 1. The van der Waals surface area contributed by atoms with Gasteiger partial charge in [-0.05, 0) is 24.7 Å². The third-order valence-corrected chi connectivity index (χ3v) is 1.84. The minimum Gasteiger partial charge on any atom is -0.360 e. The van der Waals surface area contributed by atoms with Crippen LogP contribution in [0.5, 0.6) is 0 Å². The molecule has 2 N–H and O–H groups in total. The van der Waals surface area contributed by atoms with Crippen molar-refractivity contribution in [2.24, 2.45) is 0 Å². The first-order chi connectivity index (χ1) is 5.90. The summed E-state index contributed by atoms with van der Waals surface area (Å²) in [4.78, 5) is 7.42. The molecule has 0 amide bonds. The van der Waals surface area contributed by atoms with Gasteiger partial charge in [0.05, 0.1) is 11.0 Å². The number of hydrogen-bond acceptors (Lipinski definition) is 2. The Morgan fingerprint density at radius 1 is 1.58 bits per heavy atom. The Labute approximate surface area is 70.8 Å². The molecule has 0 unspecified atom stereocenters. The van der Waals surface area contributed by atoms with E-state index in [0.29, 0.717) is 0 Å². The number of rotatable bonds is 2. The lowest BCUT2D eigenvalue weighted by molar-refractivity contribution is 0.815. The highest BCUT2D eigenvalue weighted by Crippen LogP contribution is 2.10. The summed E-state index contributed by atoms with van der Waals surface area (Å²) in [6.45, 7) is 0.863. The van der Waals surface area contributed by atoms with Crippen molar-refractivity contribution in [3.8, 4) is 0 Å². The normalized spacial score (nSPS) is 10.8. The lowest BCUT2D eigenvalue weighted by Crippen LogP contribution is -2.04. The Balaban J connectivity index is 2.46. The van der Waals surface area contributed by atoms with Crippen LogP contribution in [0.3, 0.4) is 0 Å². The van der Waals surface area contributed by atoms with E-state index in [1.807, 2.05) is 25.5 Å². The molecule has 0 saturated heterocycles. The first-order valence-corrected chi connectivity index (χ1v) is 3.97. The van der Waals surface area contributed by atoms with Crippen LogP contribution in [0, 0.1) is 0 Å². The van der Waals surface area contributed by atoms with Crippen molar-refractivity contribution < 1.29 is 0 Å². The summed E-state index contributed by atoms with van der Waals surface area (Å²) in [6, 6.07) is 4.08. The quantitative estimate of drug-likeness (QED) is 0.696. The molecule has 0 aliphatic heterocycles. The summed E-state index contributed by atoms with van der Waals surface area (Å²) in [5.74, 6) is 0. The maximum atomic E-state index is 4.29. The van der Waals surface area contributed by atoms with E-state index < -0.39 is 0 Å². The molecule has 0 saturated carbocycles. The Kier molecular flexibility index (Phi) is 1.80. The first kappa shape index (κ1) is 7.31. The summed E-state index contributed by atoms with van der Waals surface area (Å²) in [5.41, 5.74) is 3.32. The van der Waals surface area contributed by atoms with Crippen molar-refractivity contribution in [3.63, 3.8) is 0 Å². The largest absolute Gasteiger partial charge is 0.360 e. The molecule has 0 bridgehead atoms. The zero-order valence-corrected chi connectivity index (χ0v) is 6.96. The highest BCUT2D eigenvalue weighted by atomic mass is 14.8. The minimum atomic E-state index is 0.863. The van der Waals surface area contributed by atoms with Crippen molar-refractivity contribution in [1.82, 2.24) is 15.3 Å². The van der Waals surface area contributed by atoms with Crippen LogP contribution in [0.2, 0.25) is 0 Å². The fourth-order valence-electron chi connectivity index (χ4n) is 1.28. The third-order valence-electron chi connectivity index (χ3n) is 1.84. The summed E-state index contributed by atoms with van der Waals surface area (Å²) in [6.07, 6.45) is 3.80. The highest BCUT2D eigenvalue weighted by Gasteiger charge is 1.96. The lowest BCUT2D eigenvalue weighted by atomic mass is 10.2. The number of H-pyrrole nitrogens is 1. The van der Waals surface area contributed by atoms with Gasteiger partial charge in [0.2, 0.25) is 0 Å². The second-order valence-corrected chi connectivity index (χ2v) is 2.78. The Morgan fingerprint density at radius 3 is 3.33 bits per heavy atom. The number of aromatic amines is 1. The van der Waals surface area contributed by atoms with E-state index in [0.717, 1.165) is 17.6 Å². The highest BCUT2D eigenvalue weighted by molar-refractivity contribution is 5.74. The monoisotopic (exact) mass is 161 g/mol. The molecule has 0 aromatic carbocycles. The minimum absolute atomic E-state index is 0.863. The Bertz CT molecular complexity index is 378. The molecule has 3 heteroatoms. The summed E-state index contributed by atoms with van der Waals surface area (Å²) >= 11 is 0. The molecule has 3 nitrogen and oxygen atoms in total. The van der Waals surface area contributed by atoms with Crippen LogP contribution in [0.15, 0.2) is 24.5 Å². The average Bonchev–Trinajstić information content (AvgIpc) is 2.51. The molecule has 0 aliphatic rings. The molecule has 2 heterocycles. The maximum Gasteiger partial charge on any atom is 0.0878 e. The summed E-state index contributed by atoms with van der Waals surface area (Å²) in [7, 11) is 1.93. The lowest BCUT2D eigenvalue weighted by Gasteiger charge is -1.98. The molecule has 2 rings (SSSR count). The number of nitrogens with one attached hydrogen (secondary N) is 2. The van der Waals surface area contributed by atoms with E-state index >= 15 is 0 Å². The second kappa shape index (κ2) is 2.95. The van der Waals surface area contributed by atoms with Gasteiger partial charge in [0.25, 0.3) is 0 Å². The second-order valence-electron chi connectivity index (χ2n) is 2.78. The Hall–Kier alpha value is -1.35. The SMILES string of the molecule is CNCc1cnc2cc[nH]c2c1. The van der Waals surface area contributed by atoms with Crippen molar-refractivity contribution in [3.05, 3.63) is 30.1 Å². The van der Waals surface area contributed by atoms with Gasteiger partial charge in [0.15, 0.2) is 0 Å². The molecule has 0 aliphatic carbocycles. The molecular weight excluding hydrogens is 150 g/mol. The molecule has 62 valence electrons. The number of hydrogen-bond donors (Lipinski definition) is 2. The van der Waals surface area contributed by atoms with E-state index in [9.17, 15) is 0 Å². The topological polar surface area (TPSA) is 40.7 Å². The van der Waals surface area contributed by atoms with Gasteiger partial charge in [-0.25, -0.2) is 0 Å². The van der Waals surface area contributed by atoms with Crippen LogP contribution in [-0.4, -0.2) is 17.0 Å². The zero-order chi connectivity index (χ0) is 8.39. The van der Waals surface area contributed by atoms with Crippen molar-refractivity contribution >= 4 is 11.0 Å². The van der Waals surface area contributed by atoms with Gasteiger partial charge < -0.3 is 10.3 Å². The van der Waals surface area contributed by atoms with Gasteiger partial charge in [-0.1, -0.05) is 0 Å². The van der Waals surface area contributed by atoms with E-state index in [2.05, 4.69) is 21.4 Å². The van der Waals surface area contributed by atoms with Crippen LogP contribution >= 0.6 is 0 Å². The number of fused-ring (bicyclic) bond motifs is 1. The van der Waals surface area contributed by atoms with E-state index in [-0.39, 0.29) is 0 Å². The average molecular weight is 161 g/mol. The van der Waals surface area contributed by atoms with Gasteiger partial charge in [-0.2, -0.15) is 0 Å². The fourth-order valence-corrected chi connectivity index (χ4v) is 1.28. The number of pyridine rings is 1. The van der Waals surface area contributed by atoms with Crippen molar-refractivity contribution in [2.75, 3.05) is 7.05 Å². The summed E-state index contributed by atoms with van der Waals surface area (Å²) < 4.78 is 0. The molecule has 0 fully saturated rings. The molecular formula is C9H11N3. The van der Waals surface area contributed by atoms with E-state index in [1.165, 1.54) is 5.56 Å². The molecule has 2 aromatic heterocycles. The van der Waals surface area contributed by atoms with Crippen LogP contribution in [0.4, 0.5) is 0 Å². The standard InChI is InChI=1S/C9H11N3/c1-10-5-7-4-9-8(12-6-7)2-3-11-9/h2-4,6,10-11H,5H2,1H3. The van der Waals surface area contributed by atoms with Gasteiger partial charge in [0, 0.05) is 18.9 Å². The predicted molar refractivity (Wildman–Crippen MR) is 48.9 cm³/mol. The van der Waals surface area contributed by atoms with Crippen LogP contribution in [0.1, 0.15) is 5.56 Å². The van der Waals surface area contributed by atoms with Gasteiger partial charge in [-0.3, -0.25) is 4.98 Å². The van der Waals surface area contributed by atoms with Crippen molar-refractivity contribution in [1.29, 1.82) is 0 Å². The number of aromatic nitrogens is 2. The van der Waals surface area contributed by atoms with Crippen LogP contribution < -0.4 is 5.32 Å². The predicted octanol–water partition coefficient (Wildman–Crippen LogP) is 1.28. The molecule has 12 heavy (non-hydrogen) atoms. The maximum absolute atomic E-state index is 4.29. The molecule has 2 aromatic rings. The van der Waals surface area contributed by atoms with Gasteiger partial charge in [-0.15, -0.1) is 0 Å². The van der Waals surface area contributed by atoms with Crippen LogP contribution in [0.25, 0.3) is 11.0 Å². The van der Waals surface area contributed by atoms with Gasteiger partial charge >= 0.3 is 0 Å².